The van der Waals surface area contributed by atoms with Crippen LogP contribution in [0.15, 0.2) is 59.3 Å². The number of hydrogen-bond acceptors (Lipinski definition) is 15. The van der Waals surface area contributed by atoms with Crippen LogP contribution < -0.4 is 63.8 Å². The van der Waals surface area contributed by atoms with E-state index >= 15 is 0 Å². The second kappa shape index (κ2) is 18.1. The van der Waals surface area contributed by atoms with E-state index in [0.29, 0.717) is 66.8 Å². The van der Waals surface area contributed by atoms with Gasteiger partial charge < -0.3 is 39.4 Å². The predicted molar refractivity (Wildman–Crippen MR) is 169 cm³/mol. The van der Waals surface area contributed by atoms with E-state index in [4.69, 9.17) is 39.8 Å². The third kappa shape index (κ3) is 9.25. The van der Waals surface area contributed by atoms with E-state index in [1.165, 1.54) is 17.8 Å². The minimum Gasteiger partial charge on any atom is -0.493 e. The van der Waals surface area contributed by atoms with Gasteiger partial charge in [0.05, 0.1) is 28.4 Å². The molecule has 18 nitrogen and oxygen atoms in total. The largest absolute Gasteiger partial charge is 1.00 e. The zero-order valence-corrected chi connectivity index (χ0v) is 29.3. The van der Waals surface area contributed by atoms with Crippen molar-refractivity contribution >= 4 is 17.9 Å². The van der Waals surface area contributed by atoms with E-state index in [1.54, 1.807) is 40.7 Å². The number of aromatic nitrogens is 4. The summed E-state index contributed by atoms with van der Waals surface area (Å²) >= 11 is 0. The van der Waals surface area contributed by atoms with Crippen molar-refractivity contribution < 1.29 is 58.4 Å². The maximum Gasteiger partial charge on any atom is 1.00 e. The van der Waals surface area contributed by atoms with Gasteiger partial charge in [-0.2, -0.15) is 5.26 Å². The van der Waals surface area contributed by atoms with Gasteiger partial charge in [0.2, 0.25) is 11.9 Å². The molecule has 6 rings (SSSR count). The van der Waals surface area contributed by atoms with Gasteiger partial charge in [0, 0.05) is 38.6 Å². The zero-order chi connectivity index (χ0) is 34.6. The number of anilines is 2. The van der Waals surface area contributed by atoms with Crippen LogP contribution in [0.1, 0.15) is 38.4 Å². The first-order valence-electron chi connectivity index (χ1n) is 14.0. The number of aromatic carboxylic acids is 1. The number of carbonyl (C=O) groups is 1. The second-order valence-corrected chi connectivity index (χ2v) is 9.86. The van der Waals surface area contributed by atoms with E-state index in [2.05, 4.69) is 25.2 Å². The van der Waals surface area contributed by atoms with Gasteiger partial charge >= 0.3 is 35.5 Å². The smallest absolute Gasteiger partial charge is 0.493 e. The van der Waals surface area contributed by atoms with Crippen LogP contribution in [0.2, 0.25) is 0 Å². The fourth-order valence-corrected chi connectivity index (χ4v) is 4.93. The molecule has 0 saturated carbocycles. The number of methoxy groups -OCH3 is 4. The number of nitrogens with zero attached hydrogens (tertiary/aromatic N) is 10. The van der Waals surface area contributed by atoms with Crippen molar-refractivity contribution in [2.45, 2.75) is 26.2 Å². The number of ether oxygens (including phenoxy) is 4. The van der Waals surface area contributed by atoms with Gasteiger partial charge in [0.1, 0.15) is 11.8 Å². The Morgan fingerprint density at radius 2 is 1.22 bits per heavy atom. The molecule has 2 aliphatic heterocycles. The van der Waals surface area contributed by atoms with E-state index in [-0.39, 0.29) is 35.3 Å². The van der Waals surface area contributed by atoms with Crippen molar-refractivity contribution in [1.29, 1.82) is 5.26 Å². The van der Waals surface area contributed by atoms with Crippen molar-refractivity contribution in [1.82, 2.24) is 25.5 Å². The fraction of sp³-hybridized carbons (Fsp3) is 0.267. The van der Waals surface area contributed by atoms with E-state index in [0.717, 1.165) is 22.3 Å². The number of rotatable bonds is 9. The number of fused-ring (bicyclic) bond motifs is 2. The van der Waals surface area contributed by atoms with Crippen molar-refractivity contribution in [3.8, 4) is 29.1 Å². The number of benzene rings is 2. The molecular weight excluding hydrogens is 649 g/mol. The Hall–Kier alpha value is -5.64. The van der Waals surface area contributed by atoms with Crippen LogP contribution in [0, 0.1) is 16.2 Å². The molecule has 4 heterocycles. The summed E-state index contributed by atoms with van der Waals surface area (Å²) in [7, 11) is 6.43. The fourth-order valence-electron chi connectivity index (χ4n) is 4.93. The Morgan fingerprint density at radius 1 is 0.816 bits per heavy atom. The molecule has 0 fully saturated rings. The molecule has 0 spiro atoms. The molecule has 2 aliphatic rings. The zero-order valence-electron chi connectivity index (χ0n) is 27.3. The number of nitroso groups, excluding NO2 is 1. The topological polar surface area (TPSA) is 232 Å². The summed E-state index contributed by atoms with van der Waals surface area (Å²) in [6.07, 6.45) is 3.06. The van der Waals surface area contributed by atoms with Gasteiger partial charge in [0.15, 0.2) is 28.7 Å². The summed E-state index contributed by atoms with van der Waals surface area (Å²) < 4.78 is 21.2. The quantitative estimate of drug-likeness (QED) is 0.108. The average molecular weight is 680 g/mol. The van der Waals surface area contributed by atoms with Crippen molar-refractivity contribution in [3.05, 3.63) is 92.9 Å². The van der Waals surface area contributed by atoms with E-state index in [1.807, 2.05) is 45.4 Å². The molecule has 2 N–H and O–H groups in total. The third-order valence-corrected chi connectivity index (χ3v) is 7.13. The van der Waals surface area contributed by atoms with Gasteiger partial charge in [-0.25, -0.2) is 24.7 Å². The average Bonchev–Trinajstić information content (AvgIpc) is 3.75. The summed E-state index contributed by atoms with van der Waals surface area (Å²) in [5.41, 5.74) is 13.5. The standard InChI is InChI=1S/C15H14N4O2.C15H15N3O4.HN4O.Na/c1-20-13-5-10-8-19(9-11(10)6-14(13)21-2)15-17-4-3-12(7-16)18-15;1-21-12-5-9-7-18(8-10(9)6-13(12)22-2)15-16-4-3-11(17-15)14(19)20;1-2-3-4-5;/h3-6H,8-9H2,1-2H3;3-6H,7-8H2,1-2H3,(H,19,20);(H-,1,3,5);/q;;-1;+1. The molecule has 0 bridgehead atoms. The van der Waals surface area contributed by atoms with Crippen molar-refractivity contribution in [2.75, 3.05) is 38.2 Å². The molecule has 2 aromatic heterocycles. The Labute approximate surface area is 302 Å². The number of nitriles is 1. The second-order valence-electron chi connectivity index (χ2n) is 9.86. The van der Waals surface area contributed by atoms with Gasteiger partial charge in [-0.3, -0.25) is 10.8 Å². The SMILES string of the molecule is COc1cc2c(cc1OC)CN(c1nccc(C#N)n1)C2.COc1cc2c(cc1OC)CN(c1nccc(C(=O)O)n1)C2.[N-]=NNN=O.[Na+]. The number of carboxylic acids is 1. The van der Waals surface area contributed by atoms with Gasteiger partial charge in [-0.15, -0.1) is 4.91 Å². The van der Waals surface area contributed by atoms with E-state index < -0.39 is 5.97 Å². The van der Waals surface area contributed by atoms with Crippen LogP contribution in [-0.2, 0) is 26.2 Å². The Kier molecular flexibility index (Phi) is 13.9. The van der Waals surface area contributed by atoms with E-state index in [9.17, 15) is 4.79 Å². The Morgan fingerprint density at radius 3 is 1.55 bits per heavy atom. The molecule has 0 atom stereocenters. The summed E-state index contributed by atoms with van der Waals surface area (Å²) in [5, 5.41) is 22.0. The van der Waals surface area contributed by atoms with Crippen molar-refractivity contribution in [3.63, 3.8) is 0 Å². The normalized spacial score (nSPS) is 11.8. The molecule has 0 unspecified atom stereocenters. The first-order valence-corrected chi connectivity index (χ1v) is 14.0. The van der Waals surface area contributed by atoms with Crippen LogP contribution >= 0.6 is 0 Å². The first-order chi connectivity index (χ1) is 23.3. The maximum atomic E-state index is 11.0. The molecule has 19 heteroatoms. The molecule has 0 aliphatic carbocycles. The molecule has 2 aromatic carbocycles. The third-order valence-electron chi connectivity index (χ3n) is 7.13. The van der Waals surface area contributed by atoms with Gasteiger partial charge in [0.25, 0.3) is 0 Å². The summed E-state index contributed by atoms with van der Waals surface area (Å²) in [4.78, 5) is 40.4. The monoisotopic (exact) mass is 679 g/mol. The molecule has 0 saturated heterocycles. The number of nitrogens with one attached hydrogen (secondary N) is 1. The maximum absolute atomic E-state index is 11.0. The summed E-state index contributed by atoms with van der Waals surface area (Å²) in [6, 6.07) is 12.8. The van der Waals surface area contributed by atoms with Crippen LogP contribution in [-0.4, -0.2) is 59.5 Å². The van der Waals surface area contributed by atoms with Crippen LogP contribution in [0.5, 0.6) is 23.0 Å². The van der Waals surface area contributed by atoms with Gasteiger partial charge in [-0.05, 0) is 63.9 Å². The molecule has 0 radical (unpaired) electrons. The minimum absolute atomic E-state index is 0. The molecular formula is C30H30N11NaO7. The molecule has 0 amide bonds. The summed E-state index contributed by atoms with van der Waals surface area (Å²) in [5.74, 6) is 2.65. The number of hydrogen-bond donors (Lipinski definition) is 2. The van der Waals surface area contributed by atoms with Crippen LogP contribution in [0.3, 0.4) is 0 Å². The predicted octanol–water partition coefficient (Wildman–Crippen LogP) is 0.796. The molecule has 248 valence electrons. The Balaban J connectivity index is 0.000000230. The number of carboxylic acid groups (broad SMARTS) is 1. The summed E-state index contributed by atoms with van der Waals surface area (Å²) in [6.45, 7) is 2.56. The Bertz CT molecular complexity index is 1770. The first kappa shape index (κ1) is 37.8. The molecule has 49 heavy (non-hydrogen) atoms. The van der Waals surface area contributed by atoms with Crippen LogP contribution in [0.25, 0.3) is 5.53 Å². The van der Waals surface area contributed by atoms with Crippen molar-refractivity contribution in [2.24, 2.45) is 10.5 Å². The van der Waals surface area contributed by atoms with Crippen LogP contribution in [0.4, 0.5) is 11.9 Å². The molecule has 4 aromatic rings. The minimum atomic E-state index is -1.07. The van der Waals surface area contributed by atoms with Gasteiger partial charge in [-0.1, -0.05) is 0 Å².